The molecular formula is C16H34B. The zero-order chi connectivity index (χ0) is 13.3. The Morgan fingerprint density at radius 3 is 2.06 bits per heavy atom. The van der Waals surface area contributed by atoms with Crippen molar-refractivity contribution in [1.29, 1.82) is 0 Å². The van der Waals surface area contributed by atoms with Crippen molar-refractivity contribution in [1.82, 2.24) is 0 Å². The summed E-state index contributed by atoms with van der Waals surface area (Å²) in [6, 6.07) is 0. The Hall–Kier alpha value is 0.0649. The van der Waals surface area contributed by atoms with Gasteiger partial charge in [-0.25, -0.2) is 0 Å². The lowest BCUT2D eigenvalue weighted by molar-refractivity contribution is 0.233. The van der Waals surface area contributed by atoms with E-state index in [1.807, 2.05) is 0 Å². The van der Waals surface area contributed by atoms with Gasteiger partial charge in [-0.2, -0.15) is 0 Å². The van der Waals surface area contributed by atoms with E-state index >= 15 is 0 Å². The van der Waals surface area contributed by atoms with Crippen molar-refractivity contribution in [2.75, 3.05) is 0 Å². The SMILES string of the molecule is C[B]C[C@@H](C)CCCC(C)C(CCC)C(C)C. The van der Waals surface area contributed by atoms with Gasteiger partial charge in [0.1, 0.15) is 7.28 Å². The van der Waals surface area contributed by atoms with Crippen molar-refractivity contribution in [3.05, 3.63) is 0 Å². The molecule has 0 saturated heterocycles. The van der Waals surface area contributed by atoms with Crippen molar-refractivity contribution in [2.24, 2.45) is 23.7 Å². The highest BCUT2D eigenvalue weighted by Gasteiger charge is 2.19. The second-order valence-corrected chi connectivity index (χ2v) is 6.35. The number of rotatable bonds is 10. The largest absolute Gasteiger partial charge is 0.106 e. The first kappa shape index (κ1) is 17.1. The summed E-state index contributed by atoms with van der Waals surface area (Å²) in [5.74, 6) is 3.59. The van der Waals surface area contributed by atoms with Crippen LogP contribution < -0.4 is 0 Å². The van der Waals surface area contributed by atoms with Crippen LogP contribution in [0.15, 0.2) is 0 Å². The van der Waals surface area contributed by atoms with Crippen molar-refractivity contribution >= 4 is 7.28 Å². The van der Waals surface area contributed by atoms with Crippen LogP contribution >= 0.6 is 0 Å². The first-order chi connectivity index (χ1) is 8.02. The fourth-order valence-corrected chi connectivity index (χ4v) is 3.13. The van der Waals surface area contributed by atoms with Gasteiger partial charge in [-0.1, -0.05) is 85.8 Å². The number of hydrogen-bond donors (Lipinski definition) is 0. The van der Waals surface area contributed by atoms with E-state index in [1.54, 1.807) is 0 Å². The van der Waals surface area contributed by atoms with Gasteiger partial charge in [0.15, 0.2) is 0 Å². The maximum Gasteiger partial charge on any atom is 0.106 e. The lowest BCUT2D eigenvalue weighted by Gasteiger charge is -2.27. The molecule has 0 aromatic carbocycles. The molecule has 0 saturated carbocycles. The average Bonchev–Trinajstić information content (AvgIpc) is 2.25. The van der Waals surface area contributed by atoms with Crippen LogP contribution in [0.2, 0.25) is 13.1 Å². The van der Waals surface area contributed by atoms with Crippen LogP contribution in [-0.2, 0) is 0 Å². The minimum atomic E-state index is 0.853. The normalized spacial score (nSPS) is 16.9. The molecule has 0 amide bonds. The predicted molar refractivity (Wildman–Crippen MR) is 81.8 cm³/mol. The fraction of sp³-hybridized carbons (Fsp3) is 1.00. The molecule has 101 valence electrons. The van der Waals surface area contributed by atoms with E-state index in [4.69, 9.17) is 0 Å². The third-order valence-electron chi connectivity index (χ3n) is 4.20. The average molecular weight is 237 g/mol. The molecule has 0 spiro atoms. The summed E-state index contributed by atoms with van der Waals surface area (Å²) in [5, 5.41) is 0. The predicted octanol–water partition coefficient (Wildman–Crippen LogP) is 5.67. The second-order valence-electron chi connectivity index (χ2n) is 6.35. The van der Waals surface area contributed by atoms with Gasteiger partial charge in [0.2, 0.25) is 0 Å². The van der Waals surface area contributed by atoms with Gasteiger partial charge in [0.05, 0.1) is 0 Å². The van der Waals surface area contributed by atoms with E-state index in [2.05, 4.69) is 48.7 Å². The molecule has 0 rings (SSSR count). The molecule has 0 aromatic heterocycles. The maximum atomic E-state index is 2.47. The van der Waals surface area contributed by atoms with Crippen LogP contribution in [0.3, 0.4) is 0 Å². The van der Waals surface area contributed by atoms with E-state index in [1.165, 1.54) is 38.4 Å². The van der Waals surface area contributed by atoms with Crippen molar-refractivity contribution in [2.45, 2.75) is 79.9 Å². The zero-order valence-electron chi connectivity index (χ0n) is 13.1. The molecule has 0 heterocycles. The summed E-state index contributed by atoms with van der Waals surface area (Å²) in [6.45, 7) is 14.1. The smallest absolute Gasteiger partial charge is 0.0920 e. The Bertz CT molecular complexity index is 165. The molecular weight excluding hydrogens is 203 g/mol. The molecule has 0 nitrogen and oxygen atoms in total. The van der Waals surface area contributed by atoms with Crippen LogP contribution in [0.4, 0.5) is 0 Å². The minimum Gasteiger partial charge on any atom is -0.0920 e. The topological polar surface area (TPSA) is 0 Å². The minimum absolute atomic E-state index is 0.853. The molecule has 1 radical (unpaired) electrons. The van der Waals surface area contributed by atoms with Gasteiger partial charge >= 0.3 is 0 Å². The third-order valence-corrected chi connectivity index (χ3v) is 4.20. The molecule has 2 unspecified atom stereocenters. The van der Waals surface area contributed by atoms with Crippen molar-refractivity contribution in [3.8, 4) is 0 Å². The molecule has 0 fully saturated rings. The summed E-state index contributed by atoms with van der Waals surface area (Å²) < 4.78 is 0. The standard InChI is InChI=1S/C16H34B/c1-7-9-16(13(2)3)15(5)11-8-10-14(4)12-17-6/h13-16H,7-12H2,1-6H3/t14-,15?,16?/m0/s1. The lowest BCUT2D eigenvalue weighted by atomic mass is 9.71. The first-order valence-corrected chi connectivity index (χ1v) is 7.80. The van der Waals surface area contributed by atoms with Crippen molar-refractivity contribution in [3.63, 3.8) is 0 Å². The summed E-state index contributed by atoms with van der Waals surface area (Å²) in [4.78, 5) is 0. The summed E-state index contributed by atoms with van der Waals surface area (Å²) in [7, 11) is 2.31. The van der Waals surface area contributed by atoms with E-state index in [0.717, 1.165) is 23.7 Å². The van der Waals surface area contributed by atoms with Gasteiger partial charge in [-0.15, -0.1) is 0 Å². The van der Waals surface area contributed by atoms with Gasteiger partial charge < -0.3 is 0 Å². The van der Waals surface area contributed by atoms with Gasteiger partial charge in [0.25, 0.3) is 0 Å². The molecule has 17 heavy (non-hydrogen) atoms. The number of hydrogen-bond acceptors (Lipinski definition) is 0. The highest BCUT2D eigenvalue weighted by Crippen LogP contribution is 2.29. The van der Waals surface area contributed by atoms with Crippen LogP contribution in [0.5, 0.6) is 0 Å². The Labute approximate surface area is 111 Å². The molecule has 3 atom stereocenters. The molecule has 0 aliphatic rings. The van der Waals surface area contributed by atoms with Crippen LogP contribution in [0.1, 0.15) is 66.7 Å². The zero-order valence-corrected chi connectivity index (χ0v) is 13.1. The lowest BCUT2D eigenvalue weighted by Crippen LogP contribution is -2.18. The molecule has 0 bridgehead atoms. The summed E-state index contributed by atoms with van der Waals surface area (Å²) >= 11 is 0. The summed E-state index contributed by atoms with van der Waals surface area (Å²) in [5.41, 5.74) is 0. The Kier molecular flexibility index (Phi) is 10.1. The summed E-state index contributed by atoms with van der Waals surface area (Å²) in [6.07, 6.45) is 8.30. The van der Waals surface area contributed by atoms with Crippen LogP contribution in [-0.4, -0.2) is 7.28 Å². The van der Waals surface area contributed by atoms with Gasteiger partial charge in [0, 0.05) is 0 Å². The fourth-order valence-electron chi connectivity index (χ4n) is 3.13. The highest BCUT2D eigenvalue weighted by molar-refractivity contribution is 6.33. The maximum absolute atomic E-state index is 2.47. The van der Waals surface area contributed by atoms with E-state index in [-0.39, 0.29) is 0 Å². The van der Waals surface area contributed by atoms with Gasteiger partial charge in [-0.05, 0) is 17.8 Å². The molecule has 0 aromatic rings. The molecule has 0 aliphatic heterocycles. The first-order valence-electron chi connectivity index (χ1n) is 7.80. The molecule has 0 aliphatic carbocycles. The second kappa shape index (κ2) is 10.0. The monoisotopic (exact) mass is 237 g/mol. The Morgan fingerprint density at radius 2 is 1.59 bits per heavy atom. The van der Waals surface area contributed by atoms with Crippen molar-refractivity contribution < 1.29 is 0 Å². The van der Waals surface area contributed by atoms with Crippen LogP contribution in [0.25, 0.3) is 0 Å². The third kappa shape index (κ3) is 7.89. The van der Waals surface area contributed by atoms with E-state index in [0.29, 0.717) is 0 Å². The molecule has 0 N–H and O–H groups in total. The Balaban J connectivity index is 3.85. The highest BCUT2D eigenvalue weighted by atomic mass is 14.2. The Morgan fingerprint density at radius 1 is 0.941 bits per heavy atom. The van der Waals surface area contributed by atoms with E-state index < -0.39 is 0 Å². The quantitative estimate of drug-likeness (QED) is 0.429. The van der Waals surface area contributed by atoms with Crippen LogP contribution in [0, 0.1) is 23.7 Å². The molecule has 1 heteroatoms. The van der Waals surface area contributed by atoms with E-state index in [9.17, 15) is 0 Å². The van der Waals surface area contributed by atoms with Gasteiger partial charge in [-0.3, -0.25) is 0 Å².